The third-order valence-corrected chi connectivity index (χ3v) is 3.36. The van der Waals surface area contributed by atoms with E-state index in [1.807, 2.05) is 19.3 Å². The van der Waals surface area contributed by atoms with E-state index in [9.17, 15) is 4.79 Å². The van der Waals surface area contributed by atoms with Crippen LogP contribution >= 0.6 is 27.5 Å². The molecule has 0 aromatic carbocycles. The fraction of sp³-hybridized carbons (Fsp3) is 0.0909. The summed E-state index contributed by atoms with van der Waals surface area (Å²) >= 11 is 9.02. The summed E-state index contributed by atoms with van der Waals surface area (Å²) in [5.74, 6) is -0.187. The van der Waals surface area contributed by atoms with Gasteiger partial charge in [0, 0.05) is 13.2 Å². The van der Waals surface area contributed by atoms with Crippen LogP contribution in [-0.2, 0) is 7.05 Å². The summed E-state index contributed by atoms with van der Waals surface area (Å²) in [6, 6.07) is 5.26. The summed E-state index contributed by atoms with van der Waals surface area (Å²) in [6.45, 7) is 0. The predicted molar refractivity (Wildman–Crippen MR) is 70.3 cm³/mol. The molecule has 2 heterocycles. The Morgan fingerprint density at radius 1 is 1.59 bits per heavy atom. The van der Waals surface area contributed by atoms with E-state index in [1.54, 1.807) is 16.7 Å². The van der Waals surface area contributed by atoms with Gasteiger partial charge in [-0.2, -0.15) is 0 Å². The van der Waals surface area contributed by atoms with Crippen molar-refractivity contribution < 1.29 is 4.79 Å². The second-order valence-corrected chi connectivity index (χ2v) is 4.67. The molecule has 0 bridgehead atoms. The third kappa shape index (κ3) is 2.68. The highest BCUT2D eigenvalue weighted by molar-refractivity contribution is 9.10. The number of pyridine rings is 1. The molecule has 0 atom stereocenters. The van der Waals surface area contributed by atoms with Crippen LogP contribution in [0.25, 0.3) is 0 Å². The molecule has 0 aliphatic heterocycles. The molecule has 2 aromatic rings. The predicted octanol–water partition coefficient (Wildman–Crippen LogP) is 3.09. The Labute approximate surface area is 112 Å². The van der Waals surface area contributed by atoms with E-state index >= 15 is 0 Å². The van der Waals surface area contributed by atoms with Crippen molar-refractivity contribution in [1.82, 2.24) is 9.55 Å². The van der Waals surface area contributed by atoms with Crippen LogP contribution in [0.2, 0.25) is 5.15 Å². The quantitative estimate of drug-likeness (QED) is 0.866. The summed E-state index contributed by atoms with van der Waals surface area (Å²) in [4.78, 5) is 15.8. The minimum absolute atomic E-state index is 0.187. The lowest BCUT2D eigenvalue weighted by molar-refractivity contribution is 0.101. The lowest BCUT2D eigenvalue weighted by atomic mass is 10.3. The fourth-order valence-electron chi connectivity index (χ4n) is 1.38. The highest BCUT2D eigenvalue weighted by atomic mass is 79.9. The lowest BCUT2D eigenvalue weighted by Crippen LogP contribution is -2.15. The Morgan fingerprint density at radius 2 is 2.35 bits per heavy atom. The van der Waals surface area contributed by atoms with E-state index in [0.717, 1.165) is 0 Å². The van der Waals surface area contributed by atoms with Gasteiger partial charge in [0.2, 0.25) is 0 Å². The van der Waals surface area contributed by atoms with Gasteiger partial charge >= 0.3 is 0 Å². The molecule has 6 heteroatoms. The molecule has 0 aliphatic carbocycles. The van der Waals surface area contributed by atoms with Gasteiger partial charge in [-0.05, 0) is 34.1 Å². The Kier molecular flexibility index (Phi) is 3.49. The molecule has 0 saturated carbocycles. The molecule has 0 spiro atoms. The van der Waals surface area contributed by atoms with Gasteiger partial charge in [0.15, 0.2) is 0 Å². The molecule has 4 nitrogen and oxygen atoms in total. The minimum atomic E-state index is -0.187. The average Bonchev–Trinajstić information content (AvgIpc) is 2.70. The summed E-state index contributed by atoms with van der Waals surface area (Å²) in [5, 5.41) is 3.11. The number of rotatable bonds is 2. The van der Waals surface area contributed by atoms with Crippen LogP contribution in [0.5, 0.6) is 0 Å². The Balaban J connectivity index is 2.19. The van der Waals surface area contributed by atoms with Gasteiger partial charge in [-0.25, -0.2) is 4.98 Å². The molecular weight excluding hydrogens is 305 g/mol. The number of carbonyl (C=O) groups is 1. The van der Waals surface area contributed by atoms with E-state index in [2.05, 4.69) is 26.2 Å². The van der Waals surface area contributed by atoms with E-state index in [0.29, 0.717) is 21.0 Å². The van der Waals surface area contributed by atoms with Crippen molar-refractivity contribution in [3.05, 3.63) is 45.9 Å². The molecule has 0 saturated heterocycles. The Hall–Kier alpha value is -1.33. The summed E-state index contributed by atoms with van der Waals surface area (Å²) in [6.07, 6.45) is 3.32. The van der Waals surface area contributed by atoms with E-state index in [4.69, 9.17) is 11.6 Å². The first-order chi connectivity index (χ1) is 8.08. The molecule has 0 radical (unpaired) electrons. The SMILES string of the molecule is Cn1cccc1C(=O)Nc1cnc(Cl)c(Br)c1. The van der Waals surface area contributed by atoms with Crippen LogP contribution in [0.3, 0.4) is 0 Å². The first kappa shape index (κ1) is 12.1. The van der Waals surface area contributed by atoms with Crippen molar-refractivity contribution in [2.45, 2.75) is 0 Å². The zero-order chi connectivity index (χ0) is 12.4. The monoisotopic (exact) mass is 313 g/mol. The van der Waals surface area contributed by atoms with E-state index in [-0.39, 0.29) is 5.91 Å². The van der Waals surface area contributed by atoms with Crippen LogP contribution in [0.4, 0.5) is 5.69 Å². The number of anilines is 1. The number of halogens is 2. The average molecular weight is 315 g/mol. The van der Waals surface area contributed by atoms with Crippen molar-refractivity contribution in [2.24, 2.45) is 7.05 Å². The van der Waals surface area contributed by atoms with Crippen LogP contribution in [0.1, 0.15) is 10.5 Å². The molecule has 88 valence electrons. The van der Waals surface area contributed by atoms with Gasteiger partial charge in [0.25, 0.3) is 5.91 Å². The summed E-state index contributed by atoms with van der Waals surface area (Å²) in [7, 11) is 1.81. The first-order valence-electron chi connectivity index (χ1n) is 4.81. The Morgan fingerprint density at radius 3 is 2.94 bits per heavy atom. The molecule has 2 rings (SSSR count). The zero-order valence-electron chi connectivity index (χ0n) is 8.95. The first-order valence-corrected chi connectivity index (χ1v) is 5.99. The van der Waals surface area contributed by atoms with E-state index in [1.165, 1.54) is 6.20 Å². The number of amides is 1. The number of aryl methyl sites for hydroxylation is 1. The molecular formula is C11H9BrClN3O. The van der Waals surface area contributed by atoms with Crippen LogP contribution < -0.4 is 5.32 Å². The largest absolute Gasteiger partial charge is 0.347 e. The smallest absolute Gasteiger partial charge is 0.272 e. The van der Waals surface area contributed by atoms with Crippen LogP contribution in [-0.4, -0.2) is 15.5 Å². The maximum atomic E-state index is 11.9. The Bertz CT molecular complexity index is 568. The van der Waals surface area contributed by atoms with Gasteiger partial charge in [0.1, 0.15) is 10.8 Å². The van der Waals surface area contributed by atoms with Crippen molar-refractivity contribution in [2.75, 3.05) is 5.32 Å². The number of carbonyl (C=O) groups excluding carboxylic acids is 1. The van der Waals surface area contributed by atoms with Gasteiger partial charge in [-0.15, -0.1) is 0 Å². The lowest BCUT2D eigenvalue weighted by Gasteiger charge is -2.06. The number of aromatic nitrogens is 2. The highest BCUT2D eigenvalue weighted by Gasteiger charge is 2.10. The number of nitrogens with zero attached hydrogens (tertiary/aromatic N) is 2. The fourth-order valence-corrected chi connectivity index (χ4v) is 1.83. The highest BCUT2D eigenvalue weighted by Crippen LogP contribution is 2.23. The molecule has 0 unspecified atom stereocenters. The summed E-state index contributed by atoms with van der Waals surface area (Å²) < 4.78 is 2.39. The van der Waals surface area contributed by atoms with Crippen molar-refractivity contribution in [3.8, 4) is 0 Å². The number of hydrogen-bond acceptors (Lipinski definition) is 2. The van der Waals surface area contributed by atoms with Gasteiger partial charge < -0.3 is 9.88 Å². The standard InChI is InChI=1S/C11H9BrClN3O/c1-16-4-2-3-9(16)11(17)15-7-5-8(12)10(13)14-6-7/h2-6H,1H3,(H,15,17). The second-order valence-electron chi connectivity index (χ2n) is 3.46. The molecule has 0 fully saturated rings. The van der Waals surface area contributed by atoms with Gasteiger partial charge in [-0.3, -0.25) is 4.79 Å². The van der Waals surface area contributed by atoms with Crippen LogP contribution in [0.15, 0.2) is 35.1 Å². The number of hydrogen-bond donors (Lipinski definition) is 1. The topological polar surface area (TPSA) is 46.9 Å². The zero-order valence-corrected chi connectivity index (χ0v) is 11.3. The van der Waals surface area contributed by atoms with Gasteiger partial charge in [0.05, 0.1) is 16.4 Å². The van der Waals surface area contributed by atoms with E-state index < -0.39 is 0 Å². The maximum Gasteiger partial charge on any atom is 0.272 e. The molecule has 0 aliphatic rings. The molecule has 1 N–H and O–H groups in total. The third-order valence-electron chi connectivity index (χ3n) is 2.23. The maximum absolute atomic E-state index is 11.9. The molecule has 17 heavy (non-hydrogen) atoms. The second kappa shape index (κ2) is 4.89. The number of nitrogens with one attached hydrogen (secondary N) is 1. The van der Waals surface area contributed by atoms with Crippen molar-refractivity contribution >= 4 is 39.1 Å². The van der Waals surface area contributed by atoms with Crippen molar-refractivity contribution in [1.29, 1.82) is 0 Å². The summed E-state index contributed by atoms with van der Waals surface area (Å²) in [5.41, 5.74) is 1.17. The minimum Gasteiger partial charge on any atom is -0.347 e. The van der Waals surface area contributed by atoms with Crippen LogP contribution in [0, 0.1) is 0 Å². The molecule has 2 aromatic heterocycles. The van der Waals surface area contributed by atoms with Crippen molar-refractivity contribution in [3.63, 3.8) is 0 Å². The normalized spacial score (nSPS) is 10.3. The van der Waals surface area contributed by atoms with Gasteiger partial charge in [-0.1, -0.05) is 11.6 Å². The molecule has 1 amide bonds.